The van der Waals surface area contributed by atoms with Crippen molar-refractivity contribution in [3.8, 4) is 0 Å². The minimum absolute atomic E-state index is 0.0331. The second-order valence-corrected chi connectivity index (χ2v) is 6.25. The van der Waals surface area contributed by atoms with Gasteiger partial charge in [0.15, 0.2) is 4.96 Å². The summed E-state index contributed by atoms with van der Waals surface area (Å²) in [5.74, 6) is -1.10. The van der Waals surface area contributed by atoms with E-state index in [1.54, 1.807) is 6.08 Å². The lowest BCUT2D eigenvalue weighted by atomic mass is 10.1. The zero-order valence-electron chi connectivity index (χ0n) is 12.0. The Bertz CT molecular complexity index is 1000. The van der Waals surface area contributed by atoms with Crippen molar-refractivity contribution in [3.63, 3.8) is 0 Å². The Labute approximate surface area is 140 Å². The van der Waals surface area contributed by atoms with E-state index in [4.69, 9.17) is 16.7 Å². The molecule has 0 unspecified atom stereocenters. The van der Waals surface area contributed by atoms with Crippen LogP contribution in [-0.4, -0.2) is 20.5 Å². The molecule has 2 aromatic heterocycles. The van der Waals surface area contributed by atoms with Gasteiger partial charge in [0, 0.05) is 6.20 Å². The molecule has 0 radical (unpaired) electrons. The largest absolute Gasteiger partial charge is 0.477 e. The van der Waals surface area contributed by atoms with Gasteiger partial charge in [0.2, 0.25) is 0 Å². The first-order valence-electron chi connectivity index (χ1n) is 6.66. The van der Waals surface area contributed by atoms with E-state index in [0.29, 0.717) is 10.7 Å². The summed E-state index contributed by atoms with van der Waals surface area (Å²) in [5, 5.41) is 8.98. The van der Waals surface area contributed by atoms with E-state index in [2.05, 4.69) is 4.98 Å². The van der Waals surface area contributed by atoms with Crippen molar-refractivity contribution in [2.45, 2.75) is 6.92 Å². The van der Waals surface area contributed by atoms with Crippen LogP contribution in [0.1, 0.15) is 26.5 Å². The smallest absolute Gasteiger partial charge is 0.347 e. The van der Waals surface area contributed by atoms with Crippen LogP contribution >= 0.6 is 22.9 Å². The van der Waals surface area contributed by atoms with Crippen LogP contribution in [-0.2, 0) is 0 Å². The highest BCUT2D eigenvalue weighted by Crippen LogP contribution is 2.20. The zero-order valence-corrected chi connectivity index (χ0v) is 13.6. The van der Waals surface area contributed by atoms with Crippen molar-refractivity contribution in [2.75, 3.05) is 0 Å². The van der Waals surface area contributed by atoms with Crippen LogP contribution in [0.5, 0.6) is 0 Å². The maximum Gasteiger partial charge on any atom is 0.347 e. The second-order valence-electron chi connectivity index (χ2n) is 4.86. The van der Waals surface area contributed by atoms with Gasteiger partial charge in [-0.3, -0.25) is 9.20 Å². The van der Waals surface area contributed by atoms with E-state index < -0.39 is 11.5 Å². The van der Waals surface area contributed by atoms with E-state index in [1.807, 2.05) is 37.3 Å². The maximum absolute atomic E-state index is 12.2. The van der Waals surface area contributed by atoms with Gasteiger partial charge >= 0.3 is 5.97 Å². The predicted octanol–water partition coefficient (Wildman–Crippen LogP) is 3.59. The SMILES string of the molecule is Cc1ccccc1/C=C/c1nc2sc(C(=O)O)cn2c(=O)c1Cl. The van der Waals surface area contributed by atoms with E-state index in [1.165, 1.54) is 6.20 Å². The Hall–Kier alpha value is -2.44. The molecule has 23 heavy (non-hydrogen) atoms. The number of carboxylic acid groups (broad SMARTS) is 1. The van der Waals surface area contributed by atoms with Crippen LogP contribution in [0, 0.1) is 6.92 Å². The summed E-state index contributed by atoms with van der Waals surface area (Å²) in [6.45, 7) is 1.98. The van der Waals surface area contributed by atoms with Gasteiger partial charge in [-0.15, -0.1) is 0 Å². The molecule has 5 nitrogen and oxygen atoms in total. The molecule has 7 heteroatoms. The number of hydrogen-bond acceptors (Lipinski definition) is 4. The lowest BCUT2D eigenvalue weighted by Crippen LogP contribution is -2.14. The molecule has 3 rings (SSSR count). The van der Waals surface area contributed by atoms with Crippen LogP contribution in [0.15, 0.2) is 35.3 Å². The molecule has 0 aliphatic heterocycles. The van der Waals surface area contributed by atoms with E-state index in [-0.39, 0.29) is 9.90 Å². The number of hydrogen-bond donors (Lipinski definition) is 1. The number of thiazole rings is 1. The number of aromatic nitrogens is 2. The van der Waals surface area contributed by atoms with Crippen molar-refractivity contribution in [1.82, 2.24) is 9.38 Å². The summed E-state index contributed by atoms with van der Waals surface area (Å²) in [6, 6.07) is 7.78. The monoisotopic (exact) mass is 346 g/mol. The average molecular weight is 347 g/mol. The van der Waals surface area contributed by atoms with Gasteiger partial charge in [0.05, 0.1) is 5.69 Å². The lowest BCUT2D eigenvalue weighted by Gasteiger charge is -2.00. The molecule has 0 atom stereocenters. The van der Waals surface area contributed by atoms with Crippen molar-refractivity contribution in [1.29, 1.82) is 0 Å². The van der Waals surface area contributed by atoms with E-state index in [0.717, 1.165) is 26.9 Å². The van der Waals surface area contributed by atoms with Crippen molar-refractivity contribution < 1.29 is 9.90 Å². The van der Waals surface area contributed by atoms with Crippen molar-refractivity contribution >= 4 is 46.0 Å². The topological polar surface area (TPSA) is 71.7 Å². The number of fused-ring (bicyclic) bond motifs is 1. The molecule has 0 saturated carbocycles. The first-order valence-corrected chi connectivity index (χ1v) is 7.85. The Morgan fingerprint density at radius 1 is 1.35 bits per heavy atom. The number of halogens is 1. The Kier molecular flexibility index (Phi) is 4.02. The van der Waals surface area contributed by atoms with Gasteiger partial charge in [0.1, 0.15) is 9.90 Å². The summed E-state index contributed by atoms with van der Waals surface area (Å²) in [5.41, 5.74) is 1.91. The summed E-state index contributed by atoms with van der Waals surface area (Å²) in [7, 11) is 0. The highest BCUT2D eigenvalue weighted by Gasteiger charge is 2.14. The molecule has 0 bridgehead atoms. The zero-order chi connectivity index (χ0) is 16.6. The highest BCUT2D eigenvalue weighted by atomic mass is 35.5. The van der Waals surface area contributed by atoms with Crippen molar-refractivity contribution in [3.05, 3.63) is 67.5 Å². The molecule has 2 heterocycles. The molecule has 3 aromatic rings. The third kappa shape index (κ3) is 2.91. The molecule has 1 N–H and O–H groups in total. The number of carboxylic acids is 1. The maximum atomic E-state index is 12.2. The number of benzene rings is 1. The fourth-order valence-corrected chi connectivity index (χ4v) is 3.10. The first kappa shape index (κ1) is 15.5. The summed E-state index contributed by atoms with van der Waals surface area (Å²) in [6.07, 6.45) is 4.72. The Balaban J connectivity index is 2.11. The molecule has 0 spiro atoms. The predicted molar refractivity (Wildman–Crippen MR) is 91.4 cm³/mol. The van der Waals surface area contributed by atoms with Crippen LogP contribution < -0.4 is 5.56 Å². The fraction of sp³-hybridized carbons (Fsp3) is 0.0625. The van der Waals surface area contributed by atoms with Gasteiger partial charge in [-0.1, -0.05) is 53.3 Å². The number of carbonyl (C=O) groups is 1. The molecule has 0 aliphatic rings. The average Bonchev–Trinajstić information content (AvgIpc) is 2.95. The first-order chi connectivity index (χ1) is 11.0. The normalized spacial score (nSPS) is 11.4. The van der Waals surface area contributed by atoms with Gasteiger partial charge in [-0.2, -0.15) is 0 Å². The van der Waals surface area contributed by atoms with Crippen LogP contribution in [0.3, 0.4) is 0 Å². The Morgan fingerprint density at radius 3 is 2.78 bits per heavy atom. The molecule has 0 fully saturated rings. The second kappa shape index (κ2) is 5.98. The molecule has 0 aliphatic carbocycles. The molecular formula is C16H11ClN2O3S. The van der Waals surface area contributed by atoms with Crippen LogP contribution in [0.25, 0.3) is 17.1 Å². The van der Waals surface area contributed by atoms with Gasteiger partial charge in [-0.05, 0) is 24.1 Å². The summed E-state index contributed by atoms with van der Waals surface area (Å²) in [4.78, 5) is 27.9. The molecule has 116 valence electrons. The number of rotatable bonds is 3. The minimum atomic E-state index is -1.10. The molecule has 0 saturated heterocycles. The Morgan fingerprint density at radius 2 is 2.09 bits per heavy atom. The number of nitrogens with zero attached hydrogens (tertiary/aromatic N) is 2. The molecule has 1 aromatic carbocycles. The highest BCUT2D eigenvalue weighted by molar-refractivity contribution is 7.18. The van der Waals surface area contributed by atoms with Gasteiger partial charge in [0.25, 0.3) is 5.56 Å². The van der Waals surface area contributed by atoms with Crippen LogP contribution in [0.2, 0.25) is 5.02 Å². The summed E-state index contributed by atoms with van der Waals surface area (Å²) >= 11 is 7.00. The number of aromatic carboxylic acids is 1. The molecule has 0 amide bonds. The minimum Gasteiger partial charge on any atom is -0.477 e. The van der Waals surface area contributed by atoms with Crippen LogP contribution in [0.4, 0.5) is 0 Å². The van der Waals surface area contributed by atoms with Gasteiger partial charge in [-0.25, -0.2) is 9.78 Å². The van der Waals surface area contributed by atoms with Gasteiger partial charge < -0.3 is 5.11 Å². The summed E-state index contributed by atoms with van der Waals surface area (Å²) < 4.78 is 1.15. The third-order valence-corrected chi connectivity index (χ3v) is 4.65. The lowest BCUT2D eigenvalue weighted by molar-refractivity contribution is 0.0702. The molecular weight excluding hydrogens is 336 g/mol. The van der Waals surface area contributed by atoms with Crippen molar-refractivity contribution in [2.24, 2.45) is 0 Å². The van der Waals surface area contributed by atoms with E-state index in [9.17, 15) is 9.59 Å². The standard InChI is InChI=1S/C16H11ClN2O3S/c1-9-4-2-3-5-10(9)6-7-11-13(17)14(20)19-8-12(15(21)22)23-16(19)18-11/h2-8H,1H3,(H,21,22)/b7-6+. The fourth-order valence-electron chi connectivity index (χ4n) is 2.09. The third-order valence-electron chi connectivity index (χ3n) is 3.32. The number of aryl methyl sites for hydroxylation is 1. The van der Waals surface area contributed by atoms with E-state index >= 15 is 0 Å². The quantitative estimate of drug-likeness (QED) is 0.786.